The molecule has 0 atom stereocenters. The molecule has 0 aliphatic heterocycles. The number of nitrogens with zero attached hydrogens (tertiary/aromatic N) is 4. The van der Waals surface area contributed by atoms with Gasteiger partial charge in [0.05, 0.1) is 16.9 Å². The maximum atomic E-state index is 13.0. The average Bonchev–Trinajstić information content (AvgIpc) is 3.19. The second-order valence-electron chi connectivity index (χ2n) is 6.29. The Morgan fingerprint density at radius 3 is 2.23 bits per heavy atom. The van der Waals surface area contributed by atoms with Crippen LogP contribution in [-0.4, -0.2) is 25.8 Å². The van der Waals surface area contributed by atoms with Gasteiger partial charge >= 0.3 is 6.18 Å². The number of hydrogen-bond acceptors (Lipinski definition) is 4. The number of halogens is 4. The molecule has 0 bridgehead atoms. The van der Waals surface area contributed by atoms with Crippen molar-refractivity contribution in [3.8, 4) is 17.1 Å². The summed E-state index contributed by atoms with van der Waals surface area (Å²) in [5, 5.41) is 8.50. The summed E-state index contributed by atoms with van der Waals surface area (Å²) in [6, 6.07) is 15.8. The first-order valence-corrected chi connectivity index (χ1v) is 9.07. The number of benzene rings is 2. The summed E-state index contributed by atoms with van der Waals surface area (Å²) in [6.07, 6.45) is -2.92. The first-order valence-electron chi connectivity index (χ1n) is 8.69. The van der Waals surface area contributed by atoms with Gasteiger partial charge in [-0.1, -0.05) is 22.9 Å². The van der Waals surface area contributed by atoms with Gasteiger partial charge in [-0.25, -0.2) is 4.68 Å². The third-order valence-corrected chi connectivity index (χ3v) is 4.59. The lowest BCUT2D eigenvalue weighted by molar-refractivity contribution is -0.137. The summed E-state index contributed by atoms with van der Waals surface area (Å²) in [4.78, 5) is 17.3. The van der Waals surface area contributed by atoms with Crippen molar-refractivity contribution in [1.82, 2.24) is 20.0 Å². The Bertz CT molecular complexity index is 1190. The fourth-order valence-corrected chi connectivity index (χ4v) is 3.00. The molecule has 9 heteroatoms. The van der Waals surface area contributed by atoms with E-state index < -0.39 is 17.5 Å². The van der Waals surface area contributed by atoms with Crippen molar-refractivity contribution >= 4 is 17.4 Å². The van der Waals surface area contributed by atoms with E-state index in [0.717, 1.165) is 12.1 Å². The van der Waals surface area contributed by atoms with Crippen molar-refractivity contribution in [3.63, 3.8) is 0 Å². The molecule has 0 amide bonds. The maximum absolute atomic E-state index is 13.0. The summed E-state index contributed by atoms with van der Waals surface area (Å²) in [5.41, 5.74) is 0.566. The largest absolute Gasteiger partial charge is 0.416 e. The van der Waals surface area contributed by atoms with Crippen molar-refractivity contribution in [2.24, 2.45) is 0 Å². The molecule has 2 aromatic heterocycles. The minimum absolute atomic E-state index is 0.0240. The molecular formula is C21H12ClF3N4O. The van der Waals surface area contributed by atoms with Gasteiger partial charge < -0.3 is 0 Å². The molecule has 0 aliphatic carbocycles. The highest BCUT2D eigenvalue weighted by Gasteiger charge is 2.30. The predicted octanol–water partition coefficient (Wildman–Crippen LogP) is 5.23. The lowest BCUT2D eigenvalue weighted by atomic mass is 10.1. The molecule has 0 saturated carbocycles. The van der Waals surface area contributed by atoms with Crippen molar-refractivity contribution in [2.75, 3.05) is 0 Å². The summed E-state index contributed by atoms with van der Waals surface area (Å²) in [5.74, 6) is -0.412. The van der Waals surface area contributed by atoms with Gasteiger partial charge in [-0.05, 0) is 60.7 Å². The molecule has 0 unspecified atom stereocenters. The number of carbonyl (C=O) groups excluding carboxylic acids is 1. The smallest absolute Gasteiger partial charge is 0.287 e. The van der Waals surface area contributed by atoms with Gasteiger partial charge in [0, 0.05) is 16.8 Å². The first kappa shape index (κ1) is 19.8. The van der Waals surface area contributed by atoms with E-state index in [2.05, 4.69) is 15.3 Å². The molecule has 0 radical (unpaired) electrons. The van der Waals surface area contributed by atoms with Crippen LogP contribution in [0.3, 0.4) is 0 Å². The van der Waals surface area contributed by atoms with Crippen molar-refractivity contribution < 1.29 is 18.0 Å². The second kappa shape index (κ2) is 7.72. The molecule has 0 spiro atoms. The van der Waals surface area contributed by atoms with Gasteiger partial charge in [0.25, 0.3) is 0 Å². The molecular weight excluding hydrogens is 417 g/mol. The van der Waals surface area contributed by atoms with Gasteiger partial charge in [0.1, 0.15) is 5.69 Å². The third-order valence-electron chi connectivity index (χ3n) is 4.34. The molecule has 0 N–H and O–H groups in total. The summed E-state index contributed by atoms with van der Waals surface area (Å²) in [6.45, 7) is 0. The maximum Gasteiger partial charge on any atom is 0.416 e. The van der Waals surface area contributed by atoms with Crippen LogP contribution in [0.5, 0.6) is 0 Å². The zero-order valence-electron chi connectivity index (χ0n) is 15.1. The topological polar surface area (TPSA) is 60.7 Å². The van der Waals surface area contributed by atoms with E-state index in [1.54, 1.807) is 42.5 Å². The minimum atomic E-state index is -4.46. The zero-order valence-corrected chi connectivity index (χ0v) is 15.9. The van der Waals surface area contributed by atoms with E-state index in [9.17, 15) is 18.0 Å². The standard InChI is InChI=1S/C21H12ClF3N4O/c22-15-8-4-13(5-9-15)20(30)18-19(17-3-1-2-12-26-17)29(28-27-18)16-10-6-14(7-11-16)21(23,24)25/h1-12H. The van der Waals surface area contributed by atoms with Crippen LogP contribution in [0.1, 0.15) is 21.6 Å². The van der Waals surface area contributed by atoms with Crippen LogP contribution in [0.4, 0.5) is 13.2 Å². The molecule has 0 aliphatic rings. The molecule has 5 nitrogen and oxygen atoms in total. The molecule has 2 aromatic carbocycles. The Kier molecular flexibility index (Phi) is 5.09. The number of pyridine rings is 1. The van der Waals surface area contributed by atoms with Crippen molar-refractivity contribution in [2.45, 2.75) is 6.18 Å². The molecule has 150 valence electrons. The Morgan fingerprint density at radius 1 is 0.933 bits per heavy atom. The minimum Gasteiger partial charge on any atom is -0.287 e. The summed E-state index contributed by atoms with van der Waals surface area (Å²) >= 11 is 5.89. The van der Waals surface area contributed by atoms with Crippen LogP contribution in [-0.2, 0) is 6.18 Å². The highest BCUT2D eigenvalue weighted by Crippen LogP contribution is 2.31. The fraction of sp³-hybridized carbons (Fsp3) is 0.0476. The lowest BCUT2D eigenvalue weighted by Crippen LogP contribution is -2.07. The molecule has 0 saturated heterocycles. The average molecular weight is 429 g/mol. The van der Waals surface area contributed by atoms with E-state index in [0.29, 0.717) is 22.0 Å². The number of rotatable bonds is 4. The van der Waals surface area contributed by atoms with Gasteiger partial charge in [0.2, 0.25) is 5.78 Å². The Hall–Kier alpha value is -3.52. The summed E-state index contributed by atoms with van der Waals surface area (Å²) < 4.78 is 40.0. The van der Waals surface area contributed by atoms with Gasteiger partial charge in [0.15, 0.2) is 5.69 Å². The Morgan fingerprint density at radius 2 is 1.63 bits per heavy atom. The molecule has 4 rings (SSSR count). The molecule has 2 heterocycles. The van der Waals surface area contributed by atoms with Crippen LogP contribution in [0.25, 0.3) is 17.1 Å². The summed E-state index contributed by atoms with van der Waals surface area (Å²) in [7, 11) is 0. The third kappa shape index (κ3) is 3.81. The van der Waals surface area contributed by atoms with Crippen LogP contribution < -0.4 is 0 Å². The first-order chi connectivity index (χ1) is 14.3. The SMILES string of the molecule is O=C(c1ccc(Cl)cc1)c1nnn(-c2ccc(C(F)(F)F)cc2)c1-c1ccccn1. The fourth-order valence-electron chi connectivity index (χ4n) is 2.88. The molecule has 30 heavy (non-hydrogen) atoms. The van der Waals surface area contributed by atoms with E-state index in [-0.39, 0.29) is 11.4 Å². The second-order valence-corrected chi connectivity index (χ2v) is 6.73. The normalized spacial score (nSPS) is 11.5. The van der Waals surface area contributed by atoms with Gasteiger partial charge in [-0.2, -0.15) is 13.2 Å². The number of ketones is 1. The van der Waals surface area contributed by atoms with Crippen molar-refractivity contribution in [1.29, 1.82) is 0 Å². The lowest BCUT2D eigenvalue weighted by Gasteiger charge is -2.10. The van der Waals surface area contributed by atoms with E-state index >= 15 is 0 Å². The van der Waals surface area contributed by atoms with Crippen LogP contribution in [0.15, 0.2) is 72.9 Å². The molecule has 0 fully saturated rings. The predicted molar refractivity (Wildman–Crippen MR) is 104 cm³/mol. The number of hydrogen-bond donors (Lipinski definition) is 0. The van der Waals surface area contributed by atoms with Crippen LogP contribution in [0, 0.1) is 0 Å². The van der Waals surface area contributed by atoms with E-state index in [4.69, 9.17) is 11.6 Å². The van der Waals surface area contributed by atoms with Crippen LogP contribution >= 0.6 is 11.6 Å². The zero-order chi connectivity index (χ0) is 21.3. The van der Waals surface area contributed by atoms with Gasteiger partial charge in [-0.3, -0.25) is 9.78 Å². The Labute approximate surface area is 173 Å². The van der Waals surface area contributed by atoms with E-state index in [1.165, 1.54) is 23.0 Å². The monoisotopic (exact) mass is 428 g/mol. The quantitative estimate of drug-likeness (QED) is 0.417. The Balaban J connectivity index is 1.84. The number of carbonyl (C=O) groups is 1. The van der Waals surface area contributed by atoms with Crippen LogP contribution in [0.2, 0.25) is 5.02 Å². The number of alkyl halides is 3. The van der Waals surface area contributed by atoms with Gasteiger partial charge in [-0.15, -0.1) is 5.10 Å². The highest BCUT2D eigenvalue weighted by molar-refractivity contribution is 6.30. The molecule has 4 aromatic rings. The number of aromatic nitrogens is 4. The van der Waals surface area contributed by atoms with Crippen molar-refractivity contribution in [3.05, 3.63) is 94.8 Å². The highest BCUT2D eigenvalue weighted by atomic mass is 35.5. The van der Waals surface area contributed by atoms with E-state index in [1.807, 2.05) is 0 Å².